The van der Waals surface area contributed by atoms with Crippen LogP contribution in [0, 0.1) is 10.1 Å². The van der Waals surface area contributed by atoms with E-state index in [1.54, 1.807) is 31.5 Å². The third-order valence-electron chi connectivity index (χ3n) is 3.98. The number of nitro groups is 1. The Morgan fingerprint density at radius 2 is 1.96 bits per heavy atom. The number of carbonyl (C=O) groups is 1. The number of para-hydroxylation sites is 2. The van der Waals surface area contributed by atoms with Crippen molar-refractivity contribution in [2.75, 3.05) is 5.32 Å². The van der Waals surface area contributed by atoms with Gasteiger partial charge in [-0.3, -0.25) is 19.9 Å². The van der Waals surface area contributed by atoms with Crippen molar-refractivity contribution in [2.45, 2.75) is 30.8 Å². The van der Waals surface area contributed by atoms with Crippen molar-refractivity contribution in [3.63, 3.8) is 0 Å². The predicted molar refractivity (Wildman–Crippen MR) is 106 cm³/mol. The van der Waals surface area contributed by atoms with Crippen LogP contribution in [-0.2, 0) is 11.3 Å². The second kappa shape index (κ2) is 8.61. The van der Waals surface area contributed by atoms with Gasteiger partial charge < -0.3 is 9.88 Å². The van der Waals surface area contributed by atoms with E-state index in [2.05, 4.69) is 20.5 Å². The molecular weight excluding hydrogens is 380 g/mol. The monoisotopic (exact) mass is 398 g/mol. The summed E-state index contributed by atoms with van der Waals surface area (Å²) in [6, 6.07) is 9.72. The number of hydrogen-bond acceptors (Lipinski definition) is 7. The normalized spacial score (nSPS) is 11.8. The summed E-state index contributed by atoms with van der Waals surface area (Å²) in [7, 11) is 0. The minimum absolute atomic E-state index is 0.148. The molecule has 1 amide bonds. The zero-order valence-electron chi connectivity index (χ0n) is 15.3. The maximum atomic E-state index is 12.5. The summed E-state index contributed by atoms with van der Waals surface area (Å²) in [5.41, 5.74) is 0.900. The Morgan fingerprint density at radius 3 is 2.64 bits per heavy atom. The van der Waals surface area contributed by atoms with E-state index in [0.29, 0.717) is 17.5 Å². The van der Waals surface area contributed by atoms with E-state index in [0.717, 1.165) is 5.56 Å². The fourth-order valence-corrected chi connectivity index (χ4v) is 3.47. The highest BCUT2D eigenvalue weighted by molar-refractivity contribution is 8.00. The van der Waals surface area contributed by atoms with E-state index in [1.165, 1.54) is 23.9 Å². The molecule has 3 aromatic rings. The van der Waals surface area contributed by atoms with Crippen LogP contribution in [0.1, 0.15) is 13.8 Å². The largest absolute Gasteiger partial charge is 0.319 e. The molecule has 1 aromatic carbocycles. The molecular formula is C18H18N6O3S. The molecule has 0 aliphatic rings. The highest BCUT2D eigenvalue weighted by Gasteiger charge is 2.22. The lowest BCUT2D eigenvalue weighted by Gasteiger charge is -2.13. The van der Waals surface area contributed by atoms with Crippen molar-refractivity contribution in [3.8, 4) is 11.4 Å². The molecule has 1 N–H and O–H groups in total. The first-order valence-corrected chi connectivity index (χ1v) is 9.43. The van der Waals surface area contributed by atoms with Crippen LogP contribution >= 0.6 is 11.8 Å². The molecule has 10 heteroatoms. The number of nitrogens with zero attached hydrogens (tertiary/aromatic N) is 5. The number of aromatic nitrogens is 4. The molecule has 0 aliphatic carbocycles. The summed E-state index contributed by atoms with van der Waals surface area (Å²) < 4.78 is 1.91. The fourth-order valence-electron chi connectivity index (χ4n) is 2.56. The van der Waals surface area contributed by atoms with Crippen molar-refractivity contribution < 1.29 is 9.72 Å². The summed E-state index contributed by atoms with van der Waals surface area (Å²) >= 11 is 1.24. The maximum Gasteiger partial charge on any atom is 0.292 e. The standard InChI is InChI=1S/C18H18N6O3S/c1-3-23-16(13-8-10-19-11-9-13)21-22-18(23)28-12(2)17(25)20-14-6-4-5-7-15(14)24(26)27/h4-12H,3H2,1-2H3,(H,20,25). The molecule has 3 rings (SSSR count). The van der Waals surface area contributed by atoms with Crippen molar-refractivity contribution in [2.24, 2.45) is 0 Å². The van der Waals surface area contributed by atoms with E-state index in [1.807, 2.05) is 23.6 Å². The molecule has 0 fully saturated rings. The van der Waals surface area contributed by atoms with E-state index < -0.39 is 10.2 Å². The first-order valence-electron chi connectivity index (χ1n) is 8.55. The maximum absolute atomic E-state index is 12.5. The van der Waals surface area contributed by atoms with Crippen molar-refractivity contribution in [1.82, 2.24) is 19.7 Å². The number of carbonyl (C=O) groups excluding carboxylic acids is 1. The van der Waals surface area contributed by atoms with Gasteiger partial charge in [-0.05, 0) is 32.0 Å². The predicted octanol–water partition coefficient (Wildman–Crippen LogP) is 3.39. The fraction of sp³-hybridized carbons (Fsp3) is 0.222. The lowest BCUT2D eigenvalue weighted by molar-refractivity contribution is -0.383. The second-order valence-electron chi connectivity index (χ2n) is 5.81. The molecule has 2 aromatic heterocycles. The summed E-state index contributed by atoms with van der Waals surface area (Å²) in [6.07, 6.45) is 3.36. The lowest BCUT2D eigenvalue weighted by Crippen LogP contribution is -2.23. The number of benzene rings is 1. The zero-order valence-corrected chi connectivity index (χ0v) is 16.1. The van der Waals surface area contributed by atoms with Gasteiger partial charge in [0.15, 0.2) is 11.0 Å². The summed E-state index contributed by atoms with van der Waals surface area (Å²) in [5, 5.41) is 22.2. The molecule has 1 atom stereocenters. The molecule has 0 spiro atoms. The third-order valence-corrected chi connectivity index (χ3v) is 5.06. The summed E-state index contributed by atoms with van der Waals surface area (Å²) in [4.78, 5) is 27.1. The SMILES string of the molecule is CCn1c(SC(C)C(=O)Nc2ccccc2[N+](=O)[O-])nnc1-c1ccncc1. The molecule has 0 bridgehead atoms. The number of hydrogen-bond donors (Lipinski definition) is 1. The van der Waals surface area contributed by atoms with Crippen LogP contribution in [0.5, 0.6) is 0 Å². The zero-order chi connectivity index (χ0) is 20.1. The molecule has 0 saturated heterocycles. The van der Waals surface area contributed by atoms with Gasteiger partial charge in [0, 0.05) is 30.6 Å². The van der Waals surface area contributed by atoms with Crippen LogP contribution in [0.2, 0.25) is 0 Å². The van der Waals surface area contributed by atoms with E-state index in [4.69, 9.17) is 0 Å². The van der Waals surface area contributed by atoms with Gasteiger partial charge in [-0.15, -0.1) is 10.2 Å². The van der Waals surface area contributed by atoms with Crippen LogP contribution < -0.4 is 5.32 Å². The number of pyridine rings is 1. The average molecular weight is 398 g/mol. The Hall–Kier alpha value is -3.27. The van der Waals surface area contributed by atoms with Gasteiger partial charge in [0.05, 0.1) is 10.2 Å². The number of nitrogens with one attached hydrogen (secondary N) is 1. The van der Waals surface area contributed by atoms with Crippen molar-refractivity contribution in [1.29, 1.82) is 0 Å². The molecule has 1 unspecified atom stereocenters. The van der Waals surface area contributed by atoms with Crippen LogP contribution in [0.4, 0.5) is 11.4 Å². The smallest absolute Gasteiger partial charge is 0.292 e. The minimum Gasteiger partial charge on any atom is -0.319 e. The number of amides is 1. The Labute approximate surface area is 165 Å². The van der Waals surface area contributed by atoms with Crippen LogP contribution in [0.25, 0.3) is 11.4 Å². The van der Waals surface area contributed by atoms with Gasteiger partial charge in [-0.2, -0.15) is 0 Å². The average Bonchev–Trinajstić information content (AvgIpc) is 3.11. The van der Waals surface area contributed by atoms with E-state index >= 15 is 0 Å². The van der Waals surface area contributed by atoms with Crippen LogP contribution in [0.15, 0.2) is 53.9 Å². The van der Waals surface area contributed by atoms with Gasteiger partial charge >= 0.3 is 0 Å². The highest BCUT2D eigenvalue weighted by atomic mass is 32.2. The number of nitro benzene ring substituents is 1. The Kier molecular flexibility index (Phi) is 5.99. The molecule has 0 aliphatic heterocycles. The van der Waals surface area contributed by atoms with Gasteiger partial charge in [0.1, 0.15) is 5.69 Å². The Morgan fingerprint density at radius 1 is 1.25 bits per heavy atom. The highest BCUT2D eigenvalue weighted by Crippen LogP contribution is 2.28. The molecule has 28 heavy (non-hydrogen) atoms. The molecule has 0 radical (unpaired) electrons. The molecule has 144 valence electrons. The van der Waals surface area contributed by atoms with Crippen molar-refractivity contribution >= 4 is 29.0 Å². The van der Waals surface area contributed by atoms with E-state index in [9.17, 15) is 14.9 Å². The topological polar surface area (TPSA) is 116 Å². The summed E-state index contributed by atoms with van der Waals surface area (Å²) in [5.74, 6) is 0.342. The number of thioether (sulfide) groups is 1. The number of rotatable bonds is 7. The van der Waals surface area contributed by atoms with Crippen LogP contribution in [-0.4, -0.2) is 35.8 Å². The molecule has 9 nitrogen and oxygen atoms in total. The number of anilines is 1. The quantitative estimate of drug-likeness (QED) is 0.368. The second-order valence-corrected chi connectivity index (χ2v) is 7.12. The van der Waals surface area contributed by atoms with Gasteiger partial charge in [0.25, 0.3) is 5.69 Å². The molecule has 0 saturated carbocycles. The summed E-state index contributed by atoms with van der Waals surface area (Å²) in [6.45, 7) is 4.32. The van der Waals surface area contributed by atoms with Gasteiger partial charge in [-0.1, -0.05) is 23.9 Å². The van der Waals surface area contributed by atoms with Gasteiger partial charge in [-0.25, -0.2) is 0 Å². The Balaban J connectivity index is 1.76. The van der Waals surface area contributed by atoms with Crippen LogP contribution in [0.3, 0.4) is 0 Å². The first-order chi connectivity index (χ1) is 13.5. The lowest BCUT2D eigenvalue weighted by atomic mass is 10.2. The first kappa shape index (κ1) is 19.5. The van der Waals surface area contributed by atoms with Gasteiger partial charge in [0.2, 0.25) is 5.91 Å². The Bertz CT molecular complexity index is 992. The van der Waals surface area contributed by atoms with Crippen molar-refractivity contribution in [3.05, 3.63) is 58.9 Å². The van der Waals surface area contributed by atoms with E-state index in [-0.39, 0.29) is 17.3 Å². The molecule has 2 heterocycles. The minimum atomic E-state index is -0.528. The third kappa shape index (κ3) is 4.17.